The van der Waals surface area contributed by atoms with Gasteiger partial charge in [-0.25, -0.2) is 0 Å². The molecule has 0 saturated carbocycles. The van der Waals surface area contributed by atoms with Crippen molar-refractivity contribution in [1.29, 1.82) is 0 Å². The van der Waals surface area contributed by atoms with Crippen molar-refractivity contribution >= 4 is 45.0 Å². The van der Waals surface area contributed by atoms with Gasteiger partial charge in [-0.3, -0.25) is 14.5 Å². The molecular weight excluding hydrogens is 470 g/mol. The first-order valence-electron chi connectivity index (χ1n) is 9.92. The molecule has 0 atom stereocenters. The number of para-hydroxylation sites is 1. The summed E-state index contributed by atoms with van der Waals surface area (Å²) >= 11 is 9.30. The van der Waals surface area contributed by atoms with Gasteiger partial charge in [0.05, 0.1) is 11.0 Å². The van der Waals surface area contributed by atoms with E-state index in [1.54, 1.807) is 23.1 Å². The molecule has 1 heterocycles. The van der Waals surface area contributed by atoms with Crippen LogP contribution >= 0.6 is 27.5 Å². The maximum Gasteiger partial charge on any atom is 0.260 e. The fourth-order valence-corrected chi connectivity index (χ4v) is 4.12. The summed E-state index contributed by atoms with van der Waals surface area (Å²) in [7, 11) is 0. The van der Waals surface area contributed by atoms with E-state index in [0.717, 1.165) is 17.7 Å². The summed E-state index contributed by atoms with van der Waals surface area (Å²) in [5, 5.41) is 3.59. The van der Waals surface area contributed by atoms with Gasteiger partial charge in [0.15, 0.2) is 6.61 Å². The van der Waals surface area contributed by atoms with Gasteiger partial charge in [0.2, 0.25) is 5.91 Å². The minimum Gasteiger partial charge on any atom is -0.483 e. The van der Waals surface area contributed by atoms with E-state index in [-0.39, 0.29) is 18.4 Å². The van der Waals surface area contributed by atoms with E-state index in [2.05, 4.69) is 33.1 Å². The molecule has 6 nitrogen and oxygen atoms in total. The molecule has 0 unspecified atom stereocenters. The van der Waals surface area contributed by atoms with E-state index >= 15 is 0 Å². The zero-order valence-corrected chi connectivity index (χ0v) is 19.2. The number of aryl methyl sites for hydroxylation is 1. The molecule has 0 radical (unpaired) electrons. The Bertz CT molecular complexity index is 901. The largest absolute Gasteiger partial charge is 0.483 e. The molecule has 3 rings (SSSR count). The second-order valence-corrected chi connectivity index (χ2v) is 8.37. The van der Waals surface area contributed by atoms with Gasteiger partial charge in [0, 0.05) is 36.9 Å². The number of halogens is 2. The van der Waals surface area contributed by atoms with Crippen molar-refractivity contribution in [3.8, 4) is 5.75 Å². The SMILES string of the molecule is CCc1ccccc1NC(=O)CN1CCN(C(=O)COc2ccc(Cl)cc2Br)CC1. The third-order valence-electron chi connectivity index (χ3n) is 5.01. The molecule has 0 spiro atoms. The van der Waals surface area contributed by atoms with Crippen LogP contribution in [0.25, 0.3) is 0 Å². The van der Waals surface area contributed by atoms with Gasteiger partial charge in [-0.15, -0.1) is 0 Å². The maximum atomic E-state index is 12.5. The van der Waals surface area contributed by atoms with Crippen LogP contribution in [0.2, 0.25) is 5.02 Å². The number of hydrogen-bond acceptors (Lipinski definition) is 4. The average Bonchev–Trinajstić information content (AvgIpc) is 2.74. The Morgan fingerprint density at radius 3 is 2.57 bits per heavy atom. The molecule has 0 aliphatic carbocycles. The predicted octanol–water partition coefficient (Wildman–Crippen LogP) is 3.83. The average molecular weight is 495 g/mol. The molecule has 0 bridgehead atoms. The fraction of sp³-hybridized carbons (Fsp3) is 0.364. The monoisotopic (exact) mass is 493 g/mol. The first-order valence-corrected chi connectivity index (χ1v) is 11.1. The number of carbonyl (C=O) groups is 2. The van der Waals surface area contributed by atoms with Crippen LogP contribution < -0.4 is 10.1 Å². The first kappa shape index (κ1) is 22.6. The van der Waals surface area contributed by atoms with Crippen LogP contribution in [0.1, 0.15) is 12.5 Å². The molecule has 2 aromatic carbocycles. The summed E-state index contributed by atoms with van der Waals surface area (Å²) in [5.74, 6) is 0.472. The van der Waals surface area contributed by atoms with Crippen LogP contribution in [0, 0.1) is 0 Å². The standard InChI is InChI=1S/C22H25BrClN3O3/c1-2-16-5-3-4-6-19(16)25-21(28)14-26-9-11-27(12-10-26)22(29)15-30-20-8-7-17(24)13-18(20)23/h3-8,13H,2,9-12,14-15H2,1H3,(H,25,28). The zero-order chi connectivity index (χ0) is 21.5. The summed E-state index contributed by atoms with van der Waals surface area (Å²) in [5.41, 5.74) is 1.98. The number of anilines is 1. The molecule has 30 heavy (non-hydrogen) atoms. The zero-order valence-electron chi connectivity index (χ0n) is 16.9. The quantitative estimate of drug-likeness (QED) is 0.636. The Morgan fingerprint density at radius 1 is 1.13 bits per heavy atom. The number of amides is 2. The van der Waals surface area contributed by atoms with Crippen molar-refractivity contribution in [2.45, 2.75) is 13.3 Å². The fourth-order valence-electron chi connectivity index (χ4n) is 3.32. The number of nitrogens with zero attached hydrogens (tertiary/aromatic N) is 2. The highest BCUT2D eigenvalue weighted by molar-refractivity contribution is 9.10. The lowest BCUT2D eigenvalue weighted by molar-refractivity contribution is -0.135. The molecule has 1 saturated heterocycles. The highest BCUT2D eigenvalue weighted by atomic mass is 79.9. The second kappa shape index (κ2) is 10.8. The Labute approximate surface area is 190 Å². The van der Waals surface area contributed by atoms with Gasteiger partial charge in [-0.1, -0.05) is 36.7 Å². The second-order valence-electron chi connectivity index (χ2n) is 7.08. The lowest BCUT2D eigenvalue weighted by Gasteiger charge is -2.34. The molecule has 0 aromatic heterocycles. The summed E-state index contributed by atoms with van der Waals surface area (Å²) in [6.45, 7) is 4.80. The van der Waals surface area contributed by atoms with Crippen LogP contribution in [-0.4, -0.2) is 60.9 Å². The summed E-state index contributed by atoms with van der Waals surface area (Å²) in [4.78, 5) is 28.7. The van der Waals surface area contributed by atoms with Gasteiger partial charge in [-0.2, -0.15) is 0 Å². The molecule has 1 aliphatic rings. The number of hydrogen-bond donors (Lipinski definition) is 1. The topological polar surface area (TPSA) is 61.9 Å². The minimum absolute atomic E-state index is 0.0332. The first-order chi connectivity index (χ1) is 14.5. The van der Waals surface area contributed by atoms with Crippen LogP contribution in [-0.2, 0) is 16.0 Å². The number of nitrogens with one attached hydrogen (secondary N) is 1. The van der Waals surface area contributed by atoms with Crippen molar-refractivity contribution in [3.05, 3.63) is 57.5 Å². The lowest BCUT2D eigenvalue weighted by atomic mass is 10.1. The van der Waals surface area contributed by atoms with Crippen molar-refractivity contribution in [1.82, 2.24) is 9.80 Å². The Morgan fingerprint density at radius 2 is 1.87 bits per heavy atom. The Kier molecular flexibility index (Phi) is 8.13. The molecule has 2 amide bonds. The van der Waals surface area contributed by atoms with E-state index < -0.39 is 0 Å². The van der Waals surface area contributed by atoms with Gasteiger partial charge in [0.1, 0.15) is 5.75 Å². The van der Waals surface area contributed by atoms with E-state index in [4.69, 9.17) is 16.3 Å². The predicted molar refractivity (Wildman–Crippen MR) is 122 cm³/mol. The van der Waals surface area contributed by atoms with Crippen molar-refractivity contribution in [2.75, 3.05) is 44.6 Å². The highest BCUT2D eigenvalue weighted by Crippen LogP contribution is 2.28. The number of rotatable bonds is 7. The number of carbonyl (C=O) groups excluding carboxylic acids is 2. The molecule has 1 fully saturated rings. The molecular formula is C22H25BrClN3O3. The van der Waals surface area contributed by atoms with E-state index in [0.29, 0.717) is 48.0 Å². The Balaban J connectivity index is 1.42. The lowest BCUT2D eigenvalue weighted by Crippen LogP contribution is -2.51. The number of piperazine rings is 1. The molecule has 8 heteroatoms. The summed E-state index contributed by atoms with van der Waals surface area (Å²) in [6, 6.07) is 13.0. The van der Waals surface area contributed by atoms with E-state index in [1.165, 1.54) is 0 Å². The summed E-state index contributed by atoms with van der Waals surface area (Å²) in [6.07, 6.45) is 0.867. The summed E-state index contributed by atoms with van der Waals surface area (Å²) < 4.78 is 6.32. The highest BCUT2D eigenvalue weighted by Gasteiger charge is 2.23. The third-order valence-corrected chi connectivity index (χ3v) is 5.86. The molecule has 1 aliphatic heterocycles. The number of ether oxygens (including phenoxy) is 1. The smallest absolute Gasteiger partial charge is 0.260 e. The van der Waals surface area contributed by atoms with Crippen molar-refractivity contribution in [2.24, 2.45) is 0 Å². The molecule has 160 valence electrons. The van der Waals surface area contributed by atoms with Gasteiger partial charge < -0.3 is 15.0 Å². The van der Waals surface area contributed by atoms with E-state index in [9.17, 15) is 9.59 Å². The van der Waals surface area contributed by atoms with Crippen LogP contribution in [0.4, 0.5) is 5.69 Å². The van der Waals surface area contributed by atoms with Gasteiger partial charge in [0.25, 0.3) is 5.91 Å². The van der Waals surface area contributed by atoms with Gasteiger partial charge in [-0.05, 0) is 52.2 Å². The normalized spacial score (nSPS) is 14.4. The third kappa shape index (κ3) is 6.20. The van der Waals surface area contributed by atoms with Crippen LogP contribution in [0.5, 0.6) is 5.75 Å². The van der Waals surface area contributed by atoms with E-state index in [1.807, 2.05) is 24.3 Å². The number of benzene rings is 2. The Hall–Kier alpha value is -2.09. The minimum atomic E-state index is -0.0715. The molecule has 2 aromatic rings. The van der Waals surface area contributed by atoms with Crippen molar-refractivity contribution < 1.29 is 14.3 Å². The van der Waals surface area contributed by atoms with Crippen LogP contribution in [0.15, 0.2) is 46.9 Å². The van der Waals surface area contributed by atoms with Crippen LogP contribution in [0.3, 0.4) is 0 Å². The van der Waals surface area contributed by atoms with Gasteiger partial charge >= 0.3 is 0 Å². The maximum absolute atomic E-state index is 12.5. The molecule has 1 N–H and O–H groups in total. The van der Waals surface area contributed by atoms with Crippen molar-refractivity contribution in [3.63, 3.8) is 0 Å².